The van der Waals surface area contributed by atoms with E-state index in [2.05, 4.69) is 26.2 Å². The highest BCUT2D eigenvalue weighted by Gasteiger charge is 2.20. The minimum absolute atomic E-state index is 0.0723. The molecule has 0 aliphatic rings. The molecule has 0 aliphatic heterocycles. The van der Waals surface area contributed by atoms with E-state index in [0.717, 1.165) is 10.0 Å². The van der Waals surface area contributed by atoms with Crippen molar-refractivity contribution in [3.63, 3.8) is 0 Å². The van der Waals surface area contributed by atoms with Gasteiger partial charge in [-0.3, -0.25) is 9.20 Å². The lowest BCUT2D eigenvalue weighted by Gasteiger charge is -2.09. The quantitative estimate of drug-likeness (QED) is 0.627. The summed E-state index contributed by atoms with van der Waals surface area (Å²) in [5.41, 5.74) is 2.97. The van der Waals surface area contributed by atoms with Gasteiger partial charge in [0.25, 0.3) is 5.91 Å². The molecule has 2 aromatic heterocycles. The third-order valence-electron chi connectivity index (χ3n) is 3.89. The number of fused-ring (bicyclic) bond motifs is 1. The van der Waals surface area contributed by atoms with Crippen LogP contribution >= 0.6 is 27.5 Å². The Morgan fingerprint density at radius 1 is 1.35 bits per heavy atom. The Balaban J connectivity index is 2.06. The van der Waals surface area contributed by atoms with Crippen molar-refractivity contribution in [2.45, 2.75) is 20.3 Å². The van der Waals surface area contributed by atoms with Gasteiger partial charge >= 0.3 is 5.97 Å². The summed E-state index contributed by atoms with van der Waals surface area (Å²) in [6.07, 6.45) is 2.42. The van der Waals surface area contributed by atoms with Crippen molar-refractivity contribution >= 4 is 50.7 Å². The van der Waals surface area contributed by atoms with Gasteiger partial charge in [-0.05, 0) is 59.1 Å². The molecule has 2 N–H and O–H groups in total. The van der Waals surface area contributed by atoms with E-state index in [1.165, 1.54) is 12.1 Å². The van der Waals surface area contributed by atoms with Crippen LogP contribution in [0.3, 0.4) is 0 Å². The highest BCUT2D eigenvalue weighted by molar-refractivity contribution is 9.10. The first-order valence-electron chi connectivity index (χ1n) is 7.83. The number of carbonyl (C=O) groups excluding carboxylic acids is 1. The van der Waals surface area contributed by atoms with Crippen molar-refractivity contribution in [2.24, 2.45) is 0 Å². The Hall–Kier alpha value is -2.38. The zero-order chi connectivity index (χ0) is 19.0. The monoisotopic (exact) mass is 435 g/mol. The number of benzene rings is 1. The average molecular weight is 437 g/mol. The zero-order valence-corrected chi connectivity index (χ0v) is 16.3. The van der Waals surface area contributed by atoms with E-state index in [4.69, 9.17) is 11.6 Å². The average Bonchev–Trinajstić information content (AvgIpc) is 2.95. The second-order valence-electron chi connectivity index (χ2n) is 5.77. The zero-order valence-electron chi connectivity index (χ0n) is 14.0. The molecular formula is C18H15BrClN3O3. The van der Waals surface area contributed by atoms with Crippen LogP contribution in [-0.4, -0.2) is 26.4 Å². The Kier molecular flexibility index (Phi) is 5.02. The fourth-order valence-electron chi connectivity index (χ4n) is 2.72. The number of hydrogen-bond donors (Lipinski definition) is 2. The molecule has 0 spiro atoms. The number of nitrogens with one attached hydrogen (secondary N) is 1. The van der Waals surface area contributed by atoms with E-state index in [1.807, 2.05) is 26.1 Å². The van der Waals surface area contributed by atoms with Gasteiger partial charge in [-0.1, -0.05) is 18.5 Å². The standard InChI is InChI=1S/C18H15BrClN3O3/c1-3-14-15(23-8-9(2)6-12(19)16(23)22-14)17(24)21-10-4-5-13(20)11(7-10)18(25)26/h4-8H,3H2,1-2H3,(H,21,24)(H,25,26). The molecule has 26 heavy (non-hydrogen) atoms. The summed E-state index contributed by atoms with van der Waals surface area (Å²) >= 11 is 9.35. The number of halogens is 2. The molecule has 1 amide bonds. The third-order valence-corrected chi connectivity index (χ3v) is 4.80. The van der Waals surface area contributed by atoms with Gasteiger partial charge in [0.1, 0.15) is 5.69 Å². The molecular weight excluding hydrogens is 422 g/mol. The largest absolute Gasteiger partial charge is 0.478 e. The normalized spacial score (nSPS) is 10.9. The highest BCUT2D eigenvalue weighted by atomic mass is 79.9. The SMILES string of the molecule is CCc1nc2c(Br)cc(C)cn2c1C(=O)Nc1ccc(Cl)c(C(=O)O)c1. The summed E-state index contributed by atoms with van der Waals surface area (Å²) in [7, 11) is 0. The Morgan fingerprint density at radius 3 is 2.73 bits per heavy atom. The fourth-order valence-corrected chi connectivity index (χ4v) is 3.56. The predicted octanol–water partition coefficient (Wildman–Crippen LogP) is 4.57. The van der Waals surface area contributed by atoms with Crippen LogP contribution in [0.2, 0.25) is 5.02 Å². The van der Waals surface area contributed by atoms with Crippen molar-refractivity contribution in [1.82, 2.24) is 9.38 Å². The molecule has 0 radical (unpaired) electrons. The summed E-state index contributed by atoms with van der Waals surface area (Å²) in [5.74, 6) is -1.53. The van der Waals surface area contributed by atoms with E-state index in [9.17, 15) is 14.7 Å². The number of carboxylic acid groups (broad SMARTS) is 1. The molecule has 6 nitrogen and oxygen atoms in total. The third kappa shape index (κ3) is 3.32. The number of carboxylic acids is 1. The van der Waals surface area contributed by atoms with Gasteiger partial charge in [0.2, 0.25) is 0 Å². The number of aromatic carboxylic acids is 1. The number of anilines is 1. The van der Waals surface area contributed by atoms with Gasteiger partial charge in [-0.2, -0.15) is 0 Å². The molecule has 0 bridgehead atoms. The van der Waals surface area contributed by atoms with Crippen LogP contribution in [0.25, 0.3) is 5.65 Å². The lowest BCUT2D eigenvalue weighted by molar-refractivity contribution is 0.0696. The highest BCUT2D eigenvalue weighted by Crippen LogP contribution is 2.25. The number of carbonyl (C=O) groups is 2. The first-order valence-corrected chi connectivity index (χ1v) is 9.00. The molecule has 2 heterocycles. The molecule has 134 valence electrons. The van der Waals surface area contributed by atoms with Crippen LogP contribution < -0.4 is 5.32 Å². The minimum Gasteiger partial charge on any atom is -0.478 e. The number of aromatic nitrogens is 2. The molecule has 0 fully saturated rings. The van der Waals surface area contributed by atoms with Crippen molar-refractivity contribution in [1.29, 1.82) is 0 Å². The molecule has 0 aliphatic carbocycles. The molecule has 1 aromatic carbocycles. The summed E-state index contributed by atoms with van der Waals surface area (Å²) in [4.78, 5) is 28.6. The second-order valence-corrected chi connectivity index (χ2v) is 7.04. The van der Waals surface area contributed by atoms with E-state index in [-0.39, 0.29) is 16.5 Å². The number of aryl methyl sites for hydroxylation is 2. The summed E-state index contributed by atoms with van der Waals surface area (Å²) in [6, 6.07) is 6.26. The van der Waals surface area contributed by atoms with Crippen molar-refractivity contribution in [3.05, 3.63) is 62.5 Å². The summed E-state index contributed by atoms with van der Waals surface area (Å²) < 4.78 is 2.53. The van der Waals surface area contributed by atoms with E-state index in [1.54, 1.807) is 10.5 Å². The Labute approximate surface area is 162 Å². The fraction of sp³-hybridized carbons (Fsp3) is 0.167. The Bertz CT molecular complexity index is 1050. The van der Waals surface area contributed by atoms with Gasteiger partial charge in [-0.15, -0.1) is 0 Å². The van der Waals surface area contributed by atoms with E-state index in [0.29, 0.717) is 29.1 Å². The summed E-state index contributed by atoms with van der Waals surface area (Å²) in [6.45, 7) is 3.85. The molecule has 0 atom stereocenters. The van der Waals surface area contributed by atoms with Gasteiger partial charge in [0, 0.05) is 11.9 Å². The smallest absolute Gasteiger partial charge is 0.337 e. The lowest BCUT2D eigenvalue weighted by atomic mass is 10.2. The van der Waals surface area contributed by atoms with Crippen molar-refractivity contribution in [3.8, 4) is 0 Å². The number of amides is 1. The second kappa shape index (κ2) is 7.09. The molecule has 3 rings (SSSR count). The number of pyridine rings is 1. The molecule has 8 heteroatoms. The molecule has 0 saturated carbocycles. The maximum Gasteiger partial charge on any atom is 0.337 e. The van der Waals surface area contributed by atoms with E-state index < -0.39 is 5.97 Å². The van der Waals surface area contributed by atoms with Crippen LogP contribution in [0.15, 0.2) is 34.9 Å². The van der Waals surface area contributed by atoms with Gasteiger partial charge in [0.15, 0.2) is 5.65 Å². The van der Waals surface area contributed by atoms with Gasteiger partial charge in [0.05, 0.1) is 20.8 Å². The van der Waals surface area contributed by atoms with Gasteiger partial charge in [-0.25, -0.2) is 9.78 Å². The first kappa shape index (κ1) is 18.4. The maximum absolute atomic E-state index is 12.9. The van der Waals surface area contributed by atoms with Crippen LogP contribution in [-0.2, 0) is 6.42 Å². The summed E-state index contributed by atoms with van der Waals surface area (Å²) in [5, 5.41) is 12.0. The lowest BCUT2D eigenvalue weighted by Crippen LogP contribution is -2.17. The van der Waals surface area contributed by atoms with Crippen LogP contribution in [0.4, 0.5) is 5.69 Å². The van der Waals surface area contributed by atoms with Crippen LogP contribution in [0.5, 0.6) is 0 Å². The van der Waals surface area contributed by atoms with E-state index >= 15 is 0 Å². The molecule has 0 saturated heterocycles. The first-order chi connectivity index (χ1) is 12.3. The minimum atomic E-state index is -1.16. The number of nitrogens with zero attached hydrogens (tertiary/aromatic N) is 2. The number of hydrogen-bond acceptors (Lipinski definition) is 3. The topological polar surface area (TPSA) is 83.7 Å². The molecule has 3 aromatic rings. The van der Waals surface area contributed by atoms with Crippen molar-refractivity contribution in [2.75, 3.05) is 5.32 Å². The van der Waals surface area contributed by atoms with Crippen LogP contribution in [0, 0.1) is 6.92 Å². The van der Waals surface area contributed by atoms with Crippen molar-refractivity contribution < 1.29 is 14.7 Å². The maximum atomic E-state index is 12.9. The Morgan fingerprint density at radius 2 is 2.08 bits per heavy atom. The number of rotatable bonds is 4. The number of imidazole rings is 1. The van der Waals surface area contributed by atoms with Crippen LogP contribution in [0.1, 0.15) is 39.0 Å². The predicted molar refractivity (Wildman–Crippen MR) is 103 cm³/mol. The van der Waals surface area contributed by atoms with Gasteiger partial charge < -0.3 is 10.4 Å². The molecule has 0 unspecified atom stereocenters.